The Morgan fingerprint density at radius 2 is 1.24 bits per heavy atom. The lowest BCUT2D eigenvalue weighted by Gasteiger charge is -2.44. The van der Waals surface area contributed by atoms with Gasteiger partial charge in [0.15, 0.2) is 18.5 Å². The van der Waals surface area contributed by atoms with Crippen LogP contribution in [0.5, 0.6) is 0 Å². The van der Waals surface area contributed by atoms with E-state index in [1.807, 2.05) is 91.0 Å². The highest BCUT2D eigenvalue weighted by molar-refractivity contribution is 5.67. The minimum atomic E-state index is -1.12. The van der Waals surface area contributed by atoms with E-state index in [2.05, 4.69) is 0 Å². The molecule has 4 rings (SSSR count). The summed E-state index contributed by atoms with van der Waals surface area (Å²) in [6, 6.07) is 29.9. The molecule has 0 saturated carbocycles. The molecule has 0 amide bonds. The highest BCUT2D eigenvalue weighted by Crippen LogP contribution is 2.40. The maximum atomic E-state index is 12.1. The van der Waals surface area contributed by atoms with Crippen LogP contribution in [0.25, 0.3) is 0 Å². The number of hydrogen-bond donors (Lipinski definition) is 1. The van der Waals surface area contributed by atoms with Crippen LogP contribution < -0.4 is 0 Å². The fourth-order valence-corrected chi connectivity index (χ4v) is 6.02. The Bertz CT molecular complexity index is 1350. The van der Waals surface area contributed by atoms with Gasteiger partial charge in [-0.1, -0.05) is 91.0 Å². The standard InChI is InChI=1S/C38H46O11/c1-26(39)45-25-33-34(35(47-27(2)40)36(48-28(3)41)37(43-4)49-33)44-23-15-14-22-32(42)24-46-38(29-16-8-5-9-17-29,30-18-10-6-11-19-30)31-20-12-7-13-21-31/h5-13,16-21,32-37,42H,14-15,22-25H2,1-4H3/t32?,33-,34-,35+,36-,37+/m1/s1. The molecule has 1 heterocycles. The zero-order valence-electron chi connectivity index (χ0n) is 28.4. The molecule has 1 N–H and O–H groups in total. The number of benzene rings is 3. The second kappa shape index (κ2) is 18.6. The van der Waals surface area contributed by atoms with Crippen molar-refractivity contribution in [3.05, 3.63) is 108 Å². The van der Waals surface area contributed by atoms with Crippen molar-refractivity contribution in [3.63, 3.8) is 0 Å². The van der Waals surface area contributed by atoms with E-state index >= 15 is 0 Å². The smallest absolute Gasteiger partial charge is 0.303 e. The molecule has 1 saturated heterocycles. The summed E-state index contributed by atoms with van der Waals surface area (Å²) in [7, 11) is 1.36. The summed E-state index contributed by atoms with van der Waals surface area (Å²) in [6.45, 7) is 3.76. The van der Waals surface area contributed by atoms with E-state index < -0.39 is 60.3 Å². The first-order valence-corrected chi connectivity index (χ1v) is 16.4. The SMILES string of the molecule is CO[C@H]1O[C@H](COC(C)=O)[C@@H](OCCCCC(O)COC(c2ccccc2)(c2ccccc2)c2ccccc2)[C@H](OC(C)=O)[C@H]1OC(C)=O. The van der Waals surface area contributed by atoms with Crippen LogP contribution in [0, 0.1) is 0 Å². The number of aliphatic hydroxyl groups is 1. The van der Waals surface area contributed by atoms with Crippen molar-refractivity contribution >= 4 is 17.9 Å². The van der Waals surface area contributed by atoms with Gasteiger partial charge in [-0.3, -0.25) is 14.4 Å². The van der Waals surface area contributed by atoms with Gasteiger partial charge >= 0.3 is 17.9 Å². The van der Waals surface area contributed by atoms with Crippen LogP contribution in [-0.2, 0) is 53.1 Å². The topological polar surface area (TPSA) is 136 Å². The summed E-state index contributed by atoms with van der Waals surface area (Å²) in [6.07, 6.45) is -4.41. The fraction of sp³-hybridized carbons (Fsp3) is 0.447. The van der Waals surface area contributed by atoms with Crippen LogP contribution in [0.4, 0.5) is 0 Å². The number of carbonyl (C=O) groups is 3. The van der Waals surface area contributed by atoms with Crippen LogP contribution in [0.3, 0.4) is 0 Å². The van der Waals surface area contributed by atoms with E-state index in [1.165, 1.54) is 27.9 Å². The molecule has 1 aliphatic rings. The molecule has 0 radical (unpaired) electrons. The number of unbranched alkanes of at least 4 members (excludes halogenated alkanes) is 1. The van der Waals surface area contributed by atoms with Gasteiger partial charge in [-0.15, -0.1) is 0 Å². The molecular formula is C38H46O11. The molecule has 11 heteroatoms. The summed E-state index contributed by atoms with van der Waals surface area (Å²) in [5.41, 5.74) is 1.87. The van der Waals surface area contributed by atoms with Gasteiger partial charge in [0, 0.05) is 34.5 Å². The number of methoxy groups -OCH3 is 1. The minimum absolute atomic E-state index is 0.0669. The Labute approximate surface area is 287 Å². The maximum absolute atomic E-state index is 12.1. The Hall–Kier alpha value is -4.13. The van der Waals surface area contributed by atoms with Gasteiger partial charge in [-0.25, -0.2) is 0 Å². The third-order valence-electron chi connectivity index (χ3n) is 8.15. The van der Waals surface area contributed by atoms with Crippen molar-refractivity contribution in [2.75, 3.05) is 26.9 Å². The van der Waals surface area contributed by atoms with Gasteiger partial charge in [0.1, 0.15) is 24.4 Å². The highest BCUT2D eigenvalue weighted by atomic mass is 16.7. The highest BCUT2D eigenvalue weighted by Gasteiger charge is 2.51. The second-order valence-corrected chi connectivity index (χ2v) is 11.8. The van der Waals surface area contributed by atoms with E-state index in [4.69, 9.17) is 33.2 Å². The van der Waals surface area contributed by atoms with Crippen molar-refractivity contribution in [1.29, 1.82) is 0 Å². The van der Waals surface area contributed by atoms with E-state index in [0.29, 0.717) is 19.3 Å². The minimum Gasteiger partial charge on any atom is -0.463 e. The molecule has 11 nitrogen and oxygen atoms in total. The summed E-state index contributed by atoms with van der Waals surface area (Å²) in [5.74, 6) is -1.79. The molecule has 0 spiro atoms. The molecule has 0 aromatic heterocycles. The van der Waals surface area contributed by atoms with Crippen molar-refractivity contribution < 1.29 is 52.6 Å². The zero-order valence-corrected chi connectivity index (χ0v) is 28.4. The summed E-state index contributed by atoms with van der Waals surface area (Å²) in [5, 5.41) is 11.1. The number of aliphatic hydroxyl groups excluding tert-OH is 1. The van der Waals surface area contributed by atoms with Gasteiger partial charge in [0.2, 0.25) is 0 Å². The number of carbonyl (C=O) groups excluding carboxylic acids is 3. The van der Waals surface area contributed by atoms with E-state index in [9.17, 15) is 19.5 Å². The first-order valence-electron chi connectivity index (χ1n) is 16.4. The molecule has 1 fully saturated rings. The van der Waals surface area contributed by atoms with Crippen LogP contribution in [-0.4, -0.2) is 86.8 Å². The Morgan fingerprint density at radius 1 is 0.735 bits per heavy atom. The van der Waals surface area contributed by atoms with E-state index in [1.54, 1.807) is 0 Å². The van der Waals surface area contributed by atoms with Crippen molar-refractivity contribution in [2.45, 2.75) is 82.4 Å². The third-order valence-corrected chi connectivity index (χ3v) is 8.15. The largest absolute Gasteiger partial charge is 0.463 e. The second-order valence-electron chi connectivity index (χ2n) is 11.8. The Balaban J connectivity index is 1.42. The molecule has 49 heavy (non-hydrogen) atoms. The third kappa shape index (κ3) is 10.2. The normalized spacial score (nSPS) is 21.4. The molecule has 264 valence electrons. The zero-order chi connectivity index (χ0) is 35.2. The average Bonchev–Trinajstić information content (AvgIpc) is 3.10. The number of ether oxygens (including phenoxy) is 7. The first-order chi connectivity index (χ1) is 23.6. The number of hydrogen-bond acceptors (Lipinski definition) is 11. The lowest BCUT2D eigenvalue weighted by molar-refractivity contribution is -0.306. The van der Waals surface area contributed by atoms with Gasteiger partial charge in [-0.2, -0.15) is 0 Å². The molecular weight excluding hydrogens is 632 g/mol. The predicted octanol–water partition coefficient (Wildman–Crippen LogP) is 4.71. The lowest BCUT2D eigenvalue weighted by atomic mass is 9.80. The Kier molecular flexibility index (Phi) is 14.3. The lowest BCUT2D eigenvalue weighted by Crippen LogP contribution is -2.62. The Morgan fingerprint density at radius 3 is 1.71 bits per heavy atom. The molecule has 1 aliphatic heterocycles. The molecule has 3 aromatic rings. The van der Waals surface area contributed by atoms with E-state index in [-0.39, 0.29) is 19.8 Å². The van der Waals surface area contributed by atoms with Crippen LogP contribution >= 0.6 is 0 Å². The molecule has 6 atom stereocenters. The van der Waals surface area contributed by atoms with Gasteiger partial charge < -0.3 is 38.3 Å². The average molecular weight is 679 g/mol. The summed E-state index contributed by atoms with van der Waals surface area (Å²) in [4.78, 5) is 35.6. The quantitative estimate of drug-likeness (QED) is 0.0921. The van der Waals surface area contributed by atoms with Crippen LogP contribution in [0.1, 0.15) is 56.7 Å². The van der Waals surface area contributed by atoms with Crippen LogP contribution in [0.2, 0.25) is 0 Å². The fourth-order valence-electron chi connectivity index (χ4n) is 6.02. The first kappa shape index (κ1) is 37.7. The van der Waals surface area contributed by atoms with Gasteiger partial charge in [-0.05, 0) is 36.0 Å². The van der Waals surface area contributed by atoms with Crippen molar-refractivity contribution in [1.82, 2.24) is 0 Å². The summed E-state index contributed by atoms with van der Waals surface area (Å²) >= 11 is 0. The van der Waals surface area contributed by atoms with Gasteiger partial charge in [0.05, 0.1) is 12.7 Å². The maximum Gasteiger partial charge on any atom is 0.303 e. The van der Waals surface area contributed by atoms with Crippen molar-refractivity contribution in [3.8, 4) is 0 Å². The molecule has 3 aromatic carbocycles. The van der Waals surface area contributed by atoms with Gasteiger partial charge in [0.25, 0.3) is 0 Å². The predicted molar refractivity (Wildman–Crippen MR) is 178 cm³/mol. The van der Waals surface area contributed by atoms with E-state index in [0.717, 1.165) is 16.7 Å². The van der Waals surface area contributed by atoms with Crippen molar-refractivity contribution in [2.24, 2.45) is 0 Å². The molecule has 0 aliphatic carbocycles. The number of rotatable bonds is 17. The van der Waals surface area contributed by atoms with Crippen LogP contribution in [0.15, 0.2) is 91.0 Å². The number of esters is 3. The summed E-state index contributed by atoms with van der Waals surface area (Å²) < 4.78 is 40.4. The molecule has 1 unspecified atom stereocenters. The monoisotopic (exact) mass is 678 g/mol. The molecule has 0 bridgehead atoms.